The van der Waals surface area contributed by atoms with Gasteiger partial charge in [-0.1, -0.05) is 97.9 Å². The second-order valence-corrected chi connectivity index (χ2v) is 23.4. The van der Waals surface area contributed by atoms with Gasteiger partial charge in [-0.25, -0.2) is 19.3 Å². The van der Waals surface area contributed by atoms with E-state index in [-0.39, 0.29) is 24.8 Å². The van der Waals surface area contributed by atoms with Gasteiger partial charge < -0.3 is 37.0 Å². The average Bonchev–Trinajstić information content (AvgIpc) is 1.62. The fraction of sp³-hybridized carbons (Fsp3) is 0.211. The van der Waals surface area contributed by atoms with Crippen LogP contribution >= 0.6 is 11.6 Å². The van der Waals surface area contributed by atoms with Crippen LogP contribution in [-0.4, -0.2) is 118 Å². The van der Waals surface area contributed by atoms with E-state index in [1.54, 1.807) is 70.2 Å². The zero-order valence-corrected chi connectivity index (χ0v) is 54.0. The minimum absolute atomic E-state index is 0. The van der Waals surface area contributed by atoms with Gasteiger partial charge in [0.2, 0.25) is 0 Å². The smallest absolute Gasteiger partial charge is 0.335 e. The van der Waals surface area contributed by atoms with Gasteiger partial charge in [0, 0.05) is 164 Å². The van der Waals surface area contributed by atoms with Crippen molar-refractivity contribution in [3.8, 4) is 22.5 Å². The first-order chi connectivity index (χ1) is 46.2. The van der Waals surface area contributed by atoms with Crippen LogP contribution < -0.4 is 22.1 Å². The molecule has 0 bridgehead atoms. The van der Waals surface area contributed by atoms with E-state index in [1.807, 2.05) is 164 Å². The van der Waals surface area contributed by atoms with E-state index in [4.69, 9.17) is 38.3 Å². The van der Waals surface area contributed by atoms with Gasteiger partial charge >= 0.3 is 5.97 Å². The minimum atomic E-state index is -0.931. The molecule has 2 amide bonds. The highest BCUT2D eigenvalue weighted by molar-refractivity contribution is 6.30. The summed E-state index contributed by atoms with van der Waals surface area (Å²) in [6, 6.07) is 66.5. The molecule has 0 unspecified atom stereocenters. The molecule has 2 saturated carbocycles. The molecule has 7 aromatic heterocycles. The number of likely N-dealkylation sites (N-methyl/N-ethyl adjacent to an activating group) is 3. The number of hydrogen-bond donors (Lipinski definition) is 5. The Labute approximate surface area is 564 Å². The van der Waals surface area contributed by atoms with Crippen LogP contribution in [0.1, 0.15) is 104 Å². The van der Waals surface area contributed by atoms with Crippen molar-refractivity contribution in [3.05, 3.63) is 281 Å². The third-order valence-electron chi connectivity index (χ3n) is 15.6. The van der Waals surface area contributed by atoms with Gasteiger partial charge in [0.05, 0.1) is 28.3 Å². The number of fused-ring (bicyclic) bond motifs is 2. The molecule has 0 saturated heterocycles. The van der Waals surface area contributed by atoms with E-state index in [9.17, 15) is 14.4 Å². The quantitative estimate of drug-likeness (QED) is 0.0396. The second kappa shape index (κ2) is 34.1. The Balaban J connectivity index is 0.000000155. The molecule has 7 heterocycles. The van der Waals surface area contributed by atoms with Crippen LogP contribution in [0.5, 0.6) is 0 Å². The van der Waals surface area contributed by atoms with Gasteiger partial charge in [0.1, 0.15) is 11.0 Å². The number of nitrogen functional groups attached to an aromatic ring is 2. The minimum Gasteiger partial charge on any atom is -0.478 e. The van der Waals surface area contributed by atoms with Crippen LogP contribution in [0.4, 0.5) is 22.9 Å². The molecular weight excluding hydrogens is 1220 g/mol. The molecule has 0 radical (unpaired) electrons. The highest BCUT2D eigenvalue weighted by Crippen LogP contribution is 2.41. The number of carboxylic acid groups (broad SMARTS) is 1. The highest BCUT2D eigenvalue weighted by atomic mass is 35.5. The zero-order valence-electron chi connectivity index (χ0n) is 53.3. The van der Waals surface area contributed by atoms with Crippen LogP contribution in [0.3, 0.4) is 0 Å². The number of halogens is 1. The number of pyridine rings is 3. The molecule has 5 aromatic carbocycles. The Morgan fingerprint density at radius 1 is 0.521 bits per heavy atom. The van der Waals surface area contributed by atoms with Crippen molar-refractivity contribution in [1.82, 2.24) is 59.3 Å². The Bertz CT molecular complexity index is 4410. The van der Waals surface area contributed by atoms with Gasteiger partial charge in [0.15, 0.2) is 11.3 Å². The van der Waals surface area contributed by atoms with Crippen molar-refractivity contribution in [3.63, 3.8) is 0 Å². The first kappa shape index (κ1) is 69.2. The van der Waals surface area contributed by atoms with Gasteiger partial charge in [0.25, 0.3) is 11.8 Å². The molecule has 2 aliphatic rings. The fourth-order valence-electron chi connectivity index (χ4n) is 9.90. The lowest BCUT2D eigenvalue weighted by Crippen LogP contribution is -2.28. The number of nitrogens with zero attached hydrogens (tertiary/aromatic N) is 11. The number of hydrogen-bond acceptors (Lipinski definition) is 14. The number of nitrogens with one attached hydrogen (secondary N) is 2. The van der Waals surface area contributed by atoms with Crippen molar-refractivity contribution >= 4 is 63.6 Å². The molecular formula is C76H80ClN15O4. The molecule has 2 fully saturated rings. The lowest BCUT2D eigenvalue weighted by Gasteiger charge is -2.17. The number of rotatable bonds is 18. The predicted molar refractivity (Wildman–Crippen MR) is 383 cm³/mol. The van der Waals surface area contributed by atoms with E-state index in [0.717, 1.165) is 99.6 Å². The largest absolute Gasteiger partial charge is 0.478 e. The van der Waals surface area contributed by atoms with Gasteiger partial charge in [-0.3, -0.25) is 24.5 Å². The molecule has 0 aliphatic heterocycles. The summed E-state index contributed by atoms with van der Waals surface area (Å²) in [5.41, 5.74) is 25.5. The van der Waals surface area contributed by atoms with Crippen molar-refractivity contribution < 1.29 is 19.5 Å². The summed E-state index contributed by atoms with van der Waals surface area (Å²) >= 11 is 6.31. The predicted octanol–water partition coefficient (Wildman–Crippen LogP) is 14.1. The number of aromatic nitrogens is 9. The summed E-state index contributed by atoms with van der Waals surface area (Å²) in [4.78, 5) is 61.1. The molecule has 0 spiro atoms. The molecule has 0 atom stereocenters. The van der Waals surface area contributed by atoms with Crippen LogP contribution in [0.25, 0.3) is 33.8 Å². The molecule has 14 rings (SSSR count). The Kier molecular flexibility index (Phi) is 24.6. The summed E-state index contributed by atoms with van der Waals surface area (Å²) in [7, 11) is 5.57. The van der Waals surface area contributed by atoms with Crippen molar-refractivity contribution in [1.29, 1.82) is 0 Å². The summed E-state index contributed by atoms with van der Waals surface area (Å²) in [6.07, 6.45) is 12.7. The average molecular weight is 1300 g/mol. The Hall–Kier alpha value is -11.2. The van der Waals surface area contributed by atoms with Crippen LogP contribution in [-0.2, 0) is 19.3 Å². The third-order valence-corrected chi connectivity index (χ3v) is 15.9. The van der Waals surface area contributed by atoms with Gasteiger partial charge in [-0.15, -0.1) is 0 Å². The maximum atomic E-state index is 12.9. The van der Waals surface area contributed by atoms with Crippen LogP contribution in [0, 0.1) is 0 Å². The number of anilines is 4. The van der Waals surface area contributed by atoms with Crippen molar-refractivity contribution in [2.24, 2.45) is 0 Å². The molecule has 12 aromatic rings. The Morgan fingerprint density at radius 2 is 0.927 bits per heavy atom. The molecule has 2 aliphatic carbocycles. The summed E-state index contributed by atoms with van der Waals surface area (Å²) < 4.78 is 3.60. The van der Waals surface area contributed by atoms with Gasteiger partial charge in [-0.05, 0) is 142 Å². The van der Waals surface area contributed by atoms with Crippen molar-refractivity contribution in [2.75, 3.05) is 57.6 Å². The Morgan fingerprint density at radius 3 is 1.35 bits per heavy atom. The highest BCUT2D eigenvalue weighted by Gasteiger charge is 2.28. The fourth-order valence-corrected chi connectivity index (χ4v) is 10.1. The number of carbonyl (C=O) groups is 3. The van der Waals surface area contributed by atoms with E-state index < -0.39 is 5.97 Å². The monoisotopic (exact) mass is 1300 g/mol. The number of benzene rings is 5. The van der Waals surface area contributed by atoms with Gasteiger partial charge in [-0.2, -0.15) is 14.7 Å². The topological polar surface area (TPSA) is 253 Å². The number of amides is 2. The molecule has 7 N–H and O–H groups in total. The van der Waals surface area contributed by atoms with Crippen molar-refractivity contribution in [2.45, 2.75) is 64.2 Å². The number of carboxylic acids is 1. The van der Waals surface area contributed by atoms with E-state index in [1.165, 1.54) is 37.8 Å². The molecule has 19 nitrogen and oxygen atoms in total. The van der Waals surface area contributed by atoms with E-state index >= 15 is 0 Å². The first-order valence-corrected chi connectivity index (χ1v) is 31.9. The van der Waals surface area contributed by atoms with Crippen LogP contribution in [0.2, 0.25) is 5.15 Å². The summed E-state index contributed by atoms with van der Waals surface area (Å²) in [5.74, 6) is 1.03. The number of aromatic carboxylic acids is 1. The SMILES string of the molecule is C.CN(CCc1ccccn1)C(=O)c1ccc(N)cc1.CN(CCc1ccccn1)C(=O)c1ccc(Nc2cc(-c3ccccc3)nc3cc(C4CC4)nn23)cc1.CNCCc1ccccn1.Clc1cc(-c2ccccc2)nc2cc(C3CC3)nn12.Nc1ccc(C(=O)O)cc1. The van der Waals surface area contributed by atoms with Crippen LogP contribution in [0.15, 0.2) is 231 Å². The zero-order chi connectivity index (χ0) is 66.5. The summed E-state index contributed by atoms with van der Waals surface area (Å²) in [6.45, 7) is 2.24. The van der Waals surface area contributed by atoms with E-state index in [2.05, 4.69) is 59.9 Å². The maximum absolute atomic E-state index is 12.9. The van der Waals surface area contributed by atoms with E-state index in [0.29, 0.717) is 52.6 Å². The second-order valence-electron chi connectivity index (χ2n) is 23.0. The molecule has 20 heteroatoms. The standard InChI is InChI=1S/C30H28N6O.C15H12ClN3.C15H17N3O.C8H12N2.C7H7NO2.CH4/c1-35(18-16-24-9-5-6-17-31-24)30(37)23-12-14-25(15-13-23)32-28-19-26(21-7-3-2-4-8-21)33-29-20-27(22-10-11-22)34-36(28)29;16-14-8-12(10-4-2-1-3-5-10)17-15-9-13(11-6-7-11)18-19(14)15;1-18(11-9-14-4-2-3-10-17-14)15(19)12-5-7-13(16)8-6-12;1-9-7-5-8-4-2-3-6-10-8;8-6-3-1-5(2-4-6)7(9)10;/h2-9,12-15,17,19-20,22,32H,10-11,16,18H2,1H3;1-5,8-9,11H,6-7H2;2-8,10H,9,11,16H2,1H3;2-4,6,9H,5,7H2,1H3;1-4H,8H2,(H,9,10);1H4. The number of nitrogens with two attached hydrogens (primary N) is 2. The first-order valence-electron chi connectivity index (χ1n) is 31.5. The lowest BCUT2D eigenvalue weighted by atomic mass is 10.1. The lowest BCUT2D eigenvalue weighted by molar-refractivity contribution is 0.0695. The maximum Gasteiger partial charge on any atom is 0.335 e. The molecule has 490 valence electrons. The third kappa shape index (κ3) is 19.9. The molecule has 96 heavy (non-hydrogen) atoms. The normalized spacial score (nSPS) is 12.0. The summed E-state index contributed by atoms with van der Waals surface area (Å²) in [5, 5.41) is 25.0. The number of carbonyl (C=O) groups excluding carboxylic acids is 2.